The topological polar surface area (TPSA) is 67.8 Å². The second-order valence-corrected chi connectivity index (χ2v) is 20.1. The fourth-order valence-electron chi connectivity index (χ4n) is 8.30. The monoisotopic (exact) mass is 947 g/mol. The molecule has 2 atom stereocenters. The van der Waals surface area contributed by atoms with Crippen LogP contribution in [0.5, 0.6) is 0 Å². The quantitative estimate of drug-likeness (QED) is 0.104. The zero-order valence-electron chi connectivity index (χ0n) is 47.9. The summed E-state index contributed by atoms with van der Waals surface area (Å²) in [4.78, 5) is 27.7. The molecule has 390 valence electrons. The molecule has 2 aliphatic rings. The van der Waals surface area contributed by atoms with Gasteiger partial charge >= 0.3 is 0 Å². The van der Waals surface area contributed by atoms with Crippen molar-refractivity contribution in [2.24, 2.45) is 28.7 Å². The number of halogens is 1. The van der Waals surface area contributed by atoms with Gasteiger partial charge in [-0.3, -0.25) is 9.79 Å². The summed E-state index contributed by atoms with van der Waals surface area (Å²) >= 11 is 0. The van der Waals surface area contributed by atoms with Crippen molar-refractivity contribution in [2.75, 3.05) is 0 Å². The summed E-state index contributed by atoms with van der Waals surface area (Å²) in [5, 5.41) is 3.16. The van der Waals surface area contributed by atoms with Crippen molar-refractivity contribution in [1.29, 1.82) is 0 Å². The minimum atomic E-state index is -0.463. The minimum absolute atomic E-state index is 0.0243. The Hall–Kier alpha value is -3.64. The Balaban J connectivity index is -0.00000120. The summed E-state index contributed by atoms with van der Waals surface area (Å²) in [6.07, 6.45) is 26.1. The molecule has 1 aliphatic carbocycles. The molecule has 5 nitrogen and oxygen atoms in total. The highest BCUT2D eigenvalue weighted by molar-refractivity contribution is 5.92. The number of benzene rings is 1. The molecule has 0 bridgehead atoms. The van der Waals surface area contributed by atoms with Crippen LogP contribution in [-0.4, -0.2) is 30.0 Å². The van der Waals surface area contributed by atoms with Gasteiger partial charge in [-0.05, 0) is 163 Å². The zero-order valence-corrected chi connectivity index (χ0v) is 47.9. The lowest BCUT2D eigenvalue weighted by Gasteiger charge is -2.36. The Morgan fingerprint density at radius 3 is 1.75 bits per heavy atom. The van der Waals surface area contributed by atoms with Gasteiger partial charge in [0, 0.05) is 17.8 Å². The van der Waals surface area contributed by atoms with Crippen LogP contribution in [0, 0.1) is 30.6 Å². The highest BCUT2D eigenvalue weighted by Crippen LogP contribution is 2.40. The Labute approximate surface area is 421 Å². The SMILES string of the molecule is C=C/C(F)=C(\C=C/C)N/C(C)=C(C)/C(=C\C(=C)c1ccc(C(CCC)(CCC)C(=O)C(C)C)c(C)c1)N=CCC.CC(C)=O.CC(C)C.CCC.CCC1CCC(CC)O1.CCCC1CC(C)C1. The predicted octanol–water partition coefficient (Wildman–Crippen LogP) is 19.1. The van der Waals surface area contributed by atoms with Crippen LogP contribution in [0.1, 0.15) is 238 Å². The van der Waals surface area contributed by atoms with Crippen LogP contribution >= 0.6 is 0 Å². The van der Waals surface area contributed by atoms with Crippen molar-refractivity contribution in [3.63, 3.8) is 0 Å². The largest absolute Gasteiger partial charge is 0.375 e. The number of hydrogen-bond acceptors (Lipinski definition) is 5. The average molecular weight is 948 g/mol. The van der Waals surface area contributed by atoms with E-state index in [2.05, 4.69) is 120 Å². The lowest BCUT2D eigenvalue weighted by molar-refractivity contribution is -0.128. The van der Waals surface area contributed by atoms with E-state index in [9.17, 15) is 14.0 Å². The Kier molecular flexibility index (Phi) is 40.5. The number of carbonyl (C=O) groups excluding carboxylic acids is 2. The van der Waals surface area contributed by atoms with Crippen LogP contribution in [0.2, 0.25) is 0 Å². The minimum Gasteiger partial charge on any atom is -0.375 e. The number of nitrogens with one attached hydrogen (secondary N) is 1. The molecule has 0 aromatic heterocycles. The Morgan fingerprint density at radius 1 is 0.897 bits per heavy atom. The average Bonchev–Trinajstić information content (AvgIpc) is 3.75. The lowest BCUT2D eigenvalue weighted by Crippen LogP contribution is -2.39. The van der Waals surface area contributed by atoms with Crippen molar-refractivity contribution in [2.45, 2.75) is 246 Å². The molecule has 2 fully saturated rings. The van der Waals surface area contributed by atoms with Crippen LogP contribution in [0.3, 0.4) is 0 Å². The second-order valence-electron chi connectivity index (χ2n) is 20.1. The maximum absolute atomic E-state index is 14.3. The molecule has 1 aromatic rings. The van der Waals surface area contributed by atoms with Gasteiger partial charge in [-0.2, -0.15) is 0 Å². The van der Waals surface area contributed by atoms with Gasteiger partial charge in [0.05, 0.1) is 29.0 Å². The third-order valence-electron chi connectivity index (χ3n) is 11.5. The predicted molar refractivity (Wildman–Crippen MR) is 301 cm³/mol. The van der Waals surface area contributed by atoms with Crippen LogP contribution in [-0.2, 0) is 19.7 Å². The van der Waals surface area contributed by atoms with Gasteiger partial charge in [0.15, 0.2) is 0 Å². The number of aryl methyl sites for hydroxylation is 1. The van der Waals surface area contributed by atoms with Gasteiger partial charge < -0.3 is 14.8 Å². The normalized spacial score (nSPS) is 18.4. The number of ketones is 2. The van der Waals surface area contributed by atoms with E-state index in [-0.39, 0.29) is 11.7 Å². The Bertz CT molecular complexity index is 1690. The number of aliphatic imine (C=N–C) groups is 1. The van der Waals surface area contributed by atoms with Crippen LogP contribution in [0.15, 0.2) is 89.1 Å². The molecule has 68 heavy (non-hydrogen) atoms. The number of ether oxygens (including phenoxy) is 1. The Morgan fingerprint density at radius 2 is 1.40 bits per heavy atom. The van der Waals surface area contributed by atoms with Gasteiger partial charge in [0.2, 0.25) is 0 Å². The van der Waals surface area contributed by atoms with Gasteiger partial charge in [0.1, 0.15) is 17.4 Å². The molecule has 1 heterocycles. The van der Waals surface area contributed by atoms with Crippen molar-refractivity contribution >= 4 is 23.4 Å². The van der Waals surface area contributed by atoms with E-state index in [1.807, 2.05) is 53.8 Å². The molecule has 0 radical (unpaired) electrons. The zero-order chi connectivity index (χ0) is 53.0. The first-order chi connectivity index (χ1) is 32.0. The fraction of sp³-hybridized carbons (Fsp3) is 0.661. The standard InChI is InChI=1S/C36H51FN2O.C8H16O.C8H16.C4H10.C3H6O.C3H8/c1-12-17-33(32(37)16-5)39-29(11)28(10)34(38-22-15-4)24-26(8)30-18-19-31(27(9)23-30)36(20-13-2,21-14-3)35(40)25(6)7;1-3-7-5-6-8(4-2)9-7;1-3-4-8-5-7(2)6-8;1-4(2)3;1-3(2)4;1-3-2/h12,16-19,22-25,39H,5,8,13-15,20-21H2,1-4,6-7,9-11H3;7-8H,3-6H2,1-2H3;7-8H,3-6H2,1-2H3;4H,1-3H3;1-2H3;3H2,1-2H3/b17-12-,29-28+,33-32-,34-24+,38-22?;;;;;. The molecule has 3 rings (SSSR count). The van der Waals surface area contributed by atoms with E-state index in [4.69, 9.17) is 9.73 Å². The molecule has 6 heteroatoms. The van der Waals surface area contributed by atoms with Crippen molar-refractivity contribution in [1.82, 2.24) is 5.32 Å². The van der Waals surface area contributed by atoms with Crippen molar-refractivity contribution < 1.29 is 18.7 Å². The van der Waals surface area contributed by atoms with Crippen LogP contribution in [0.25, 0.3) is 5.57 Å². The molecule has 0 amide bonds. The summed E-state index contributed by atoms with van der Waals surface area (Å²) in [5.41, 5.74) is 6.32. The highest BCUT2D eigenvalue weighted by atomic mass is 19.1. The maximum Gasteiger partial charge on any atom is 0.146 e. The van der Waals surface area contributed by atoms with Crippen molar-refractivity contribution in [3.05, 3.63) is 101 Å². The second kappa shape index (κ2) is 40.1. The van der Waals surface area contributed by atoms with E-state index >= 15 is 0 Å². The molecule has 1 aliphatic heterocycles. The number of rotatable bonds is 20. The van der Waals surface area contributed by atoms with Crippen LogP contribution < -0.4 is 5.32 Å². The third-order valence-corrected chi connectivity index (χ3v) is 11.5. The smallest absolute Gasteiger partial charge is 0.146 e. The first-order valence-corrected chi connectivity index (χ1v) is 26.8. The van der Waals surface area contributed by atoms with E-state index in [1.54, 1.807) is 12.2 Å². The summed E-state index contributed by atoms with van der Waals surface area (Å²) in [6.45, 7) is 48.9. The maximum atomic E-state index is 14.3. The highest BCUT2D eigenvalue weighted by Gasteiger charge is 2.40. The summed E-state index contributed by atoms with van der Waals surface area (Å²) < 4.78 is 20.0. The molecule has 0 spiro atoms. The summed E-state index contributed by atoms with van der Waals surface area (Å²) in [6, 6.07) is 6.35. The molecule has 1 saturated heterocycles. The number of hydrogen-bond donors (Lipinski definition) is 1. The number of allylic oxidation sites excluding steroid dienone is 8. The molecule has 1 N–H and O–H groups in total. The molecular weight excluding hydrogens is 840 g/mol. The van der Waals surface area contributed by atoms with Gasteiger partial charge in [-0.15, -0.1) is 0 Å². The molecule has 1 aromatic carbocycles. The fourth-order valence-corrected chi connectivity index (χ4v) is 8.30. The summed E-state index contributed by atoms with van der Waals surface area (Å²) in [5.74, 6) is 3.03. The lowest BCUT2D eigenvalue weighted by atomic mass is 9.66. The number of carbonyl (C=O) groups is 2. The first-order valence-electron chi connectivity index (χ1n) is 26.8. The van der Waals surface area contributed by atoms with E-state index in [0.717, 1.165) is 89.1 Å². The van der Waals surface area contributed by atoms with Crippen molar-refractivity contribution in [3.8, 4) is 0 Å². The molecule has 2 unspecified atom stereocenters. The first kappa shape index (κ1) is 68.6. The van der Waals surface area contributed by atoms with Crippen LogP contribution in [0.4, 0.5) is 4.39 Å². The summed E-state index contributed by atoms with van der Waals surface area (Å²) in [7, 11) is 0. The number of nitrogens with zero attached hydrogens (tertiary/aromatic N) is 1. The van der Waals surface area contributed by atoms with Gasteiger partial charge in [-0.25, -0.2) is 4.39 Å². The number of Topliss-reactive ketones (excluding diaryl/α,β-unsaturated/α-hetero) is 2. The molecular formula is C62H107FN2O3. The van der Waals surface area contributed by atoms with Gasteiger partial charge in [0.25, 0.3) is 0 Å². The van der Waals surface area contributed by atoms with E-state index < -0.39 is 11.2 Å². The van der Waals surface area contributed by atoms with E-state index in [0.29, 0.717) is 23.7 Å². The molecule has 1 saturated carbocycles. The third kappa shape index (κ3) is 28.8. The van der Waals surface area contributed by atoms with Gasteiger partial charge in [-0.1, -0.05) is 166 Å². The van der Waals surface area contributed by atoms with E-state index in [1.165, 1.54) is 77.7 Å².